The maximum atomic E-state index is 11.2. The second-order valence-electron chi connectivity index (χ2n) is 4.30. The van der Waals surface area contributed by atoms with Crippen LogP contribution in [-0.2, 0) is 9.53 Å². The van der Waals surface area contributed by atoms with E-state index in [1.807, 2.05) is 6.92 Å². The lowest BCUT2D eigenvalue weighted by Gasteiger charge is -2.31. The molecule has 0 aromatic heterocycles. The van der Waals surface area contributed by atoms with E-state index in [0.29, 0.717) is 18.4 Å². The van der Waals surface area contributed by atoms with Crippen LogP contribution in [0.3, 0.4) is 0 Å². The highest BCUT2D eigenvalue weighted by molar-refractivity contribution is 5.73. The molecule has 0 unspecified atom stereocenters. The fourth-order valence-corrected chi connectivity index (χ4v) is 2.70. The van der Waals surface area contributed by atoms with E-state index >= 15 is 0 Å². The second kappa shape index (κ2) is 2.75. The molecule has 12 heavy (non-hydrogen) atoms. The molecule has 0 N–H and O–H groups in total. The molecule has 1 aliphatic carbocycles. The van der Waals surface area contributed by atoms with Crippen molar-refractivity contribution >= 4 is 5.97 Å². The molecule has 2 nitrogen and oxygen atoms in total. The number of esters is 1. The van der Waals surface area contributed by atoms with Crippen molar-refractivity contribution in [1.82, 2.24) is 0 Å². The summed E-state index contributed by atoms with van der Waals surface area (Å²) in [6, 6.07) is 0. The highest BCUT2D eigenvalue weighted by atomic mass is 16.5. The van der Waals surface area contributed by atoms with Crippen LogP contribution in [0.1, 0.15) is 26.7 Å². The molecule has 0 spiro atoms. The van der Waals surface area contributed by atoms with Crippen LogP contribution >= 0.6 is 0 Å². The predicted molar refractivity (Wildman–Crippen MR) is 45.5 cm³/mol. The number of cyclic esters (lactones) is 1. The minimum atomic E-state index is 0.0188. The average Bonchev–Trinajstić information content (AvgIpc) is 2.41. The molecule has 4 atom stereocenters. The van der Waals surface area contributed by atoms with Gasteiger partial charge in [0.05, 0.1) is 12.5 Å². The van der Waals surface area contributed by atoms with E-state index in [4.69, 9.17) is 4.74 Å². The molecule has 2 fully saturated rings. The van der Waals surface area contributed by atoms with Gasteiger partial charge in [-0.1, -0.05) is 20.3 Å². The van der Waals surface area contributed by atoms with E-state index in [-0.39, 0.29) is 11.9 Å². The van der Waals surface area contributed by atoms with Gasteiger partial charge in [-0.25, -0.2) is 0 Å². The average molecular weight is 168 g/mol. The molecule has 2 rings (SSSR count). The van der Waals surface area contributed by atoms with Gasteiger partial charge in [0.15, 0.2) is 0 Å². The fourth-order valence-electron chi connectivity index (χ4n) is 2.70. The smallest absolute Gasteiger partial charge is 0.308 e. The summed E-state index contributed by atoms with van der Waals surface area (Å²) in [5, 5.41) is 0. The third kappa shape index (κ3) is 1.05. The molecule has 1 aliphatic heterocycles. The molecular formula is C10H16O2. The Kier molecular flexibility index (Phi) is 1.85. The lowest BCUT2D eigenvalue weighted by Crippen LogP contribution is -2.36. The first-order valence-electron chi connectivity index (χ1n) is 4.87. The van der Waals surface area contributed by atoms with E-state index in [1.165, 1.54) is 12.8 Å². The summed E-state index contributed by atoms with van der Waals surface area (Å²) in [4.78, 5) is 11.2. The Morgan fingerprint density at radius 3 is 2.75 bits per heavy atom. The van der Waals surface area contributed by atoms with Gasteiger partial charge >= 0.3 is 5.97 Å². The predicted octanol–water partition coefficient (Wildman–Crippen LogP) is 1.84. The monoisotopic (exact) mass is 168 g/mol. The molecule has 2 aliphatic rings. The summed E-state index contributed by atoms with van der Waals surface area (Å²) in [6.45, 7) is 4.96. The normalized spacial score (nSPS) is 47.0. The van der Waals surface area contributed by atoms with Crippen molar-refractivity contribution < 1.29 is 9.53 Å². The zero-order valence-corrected chi connectivity index (χ0v) is 7.75. The van der Waals surface area contributed by atoms with Crippen molar-refractivity contribution in [3.8, 4) is 0 Å². The highest BCUT2D eigenvalue weighted by Crippen LogP contribution is 2.43. The van der Waals surface area contributed by atoms with Crippen molar-refractivity contribution in [3.63, 3.8) is 0 Å². The SMILES string of the molecule is C[C@@H]1CC[C@H]2[C@@H]1COC(=O)[C@@H]2C. The topological polar surface area (TPSA) is 26.3 Å². The van der Waals surface area contributed by atoms with Crippen molar-refractivity contribution in [1.29, 1.82) is 0 Å². The lowest BCUT2D eigenvalue weighted by atomic mass is 9.81. The van der Waals surface area contributed by atoms with Gasteiger partial charge in [-0.2, -0.15) is 0 Å². The van der Waals surface area contributed by atoms with Crippen LogP contribution in [0, 0.1) is 23.7 Å². The summed E-state index contributed by atoms with van der Waals surface area (Å²) in [6.07, 6.45) is 2.50. The molecule has 1 saturated heterocycles. The summed E-state index contributed by atoms with van der Waals surface area (Å²) in [7, 11) is 0. The largest absolute Gasteiger partial charge is 0.465 e. The number of ether oxygens (including phenoxy) is 1. The Hall–Kier alpha value is -0.530. The summed E-state index contributed by atoms with van der Waals surface area (Å²) >= 11 is 0. The number of carbonyl (C=O) groups is 1. The second-order valence-corrected chi connectivity index (χ2v) is 4.30. The number of hydrogen-bond acceptors (Lipinski definition) is 2. The van der Waals surface area contributed by atoms with E-state index in [2.05, 4.69) is 6.92 Å². The van der Waals surface area contributed by atoms with Gasteiger partial charge in [0.25, 0.3) is 0 Å². The van der Waals surface area contributed by atoms with E-state index in [1.54, 1.807) is 0 Å². The number of fused-ring (bicyclic) bond motifs is 1. The zero-order chi connectivity index (χ0) is 8.72. The molecule has 0 bridgehead atoms. The molecule has 0 amide bonds. The minimum Gasteiger partial charge on any atom is -0.465 e. The highest BCUT2D eigenvalue weighted by Gasteiger charge is 2.43. The van der Waals surface area contributed by atoms with Gasteiger partial charge in [-0.15, -0.1) is 0 Å². The Morgan fingerprint density at radius 2 is 2.00 bits per heavy atom. The maximum absolute atomic E-state index is 11.2. The molecule has 68 valence electrons. The first-order chi connectivity index (χ1) is 5.70. The first-order valence-corrected chi connectivity index (χ1v) is 4.87. The number of carbonyl (C=O) groups excluding carboxylic acids is 1. The quantitative estimate of drug-likeness (QED) is 0.516. The Morgan fingerprint density at radius 1 is 1.25 bits per heavy atom. The summed E-state index contributed by atoms with van der Waals surface area (Å²) < 4.78 is 5.14. The molecule has 1 saturated carbocycles. The number of hydrogen-bond donors (Lipinski definition) is 0. The molecular weight excluding hydrogens is 152 g/mol. The molecule has 2 heteroatoms. The third-order valence-electron chi connectivity index (χ3n) is 3.67. The van der Waals surface area contributed by atoms with Gasteiger partial charge in [0.2, 0.25) is 0 Å². The third-order valence-corrected chi connectivity index (χ3v) is 3.67. The first kappa shape index (κ1) is 8.09. The van der Waals surface area contributed by atoms with Crippen LogP contribution in [0.4, 0.5) is 0 Å². The van der Waals surface area contributed by atoms with Crippen molar-refractivity contribution in [3.05, 3.63) is 0 Å². The van der Waals surface area contributed by atoms with Crippen LogP contribution in [0.5, 0.6) is 0 Å². The lowest BCUT2D eigenvalue weighted by molar-refractivity contribution is -0.159. The Bertz CT molecular complexity index is 200. The van der Waals surface area contributed by atoms with E-state index < -0.39 is 0 Å². The van der Waals surface area contributed by atoms with Crippen molar-refractivity contribution in [2.45, 2.75) is 26.7 Å². The van der Waals surface area contributed by atoms with Gasteiger partial charge < -0.3 is 4.74 Å². The minimum absolute atomic E-state index is 0.0188. The van der Waals surface area contributed by atoms with Crippen LogP contribution in [0.15, 0.2) is 0 Å². The molecule has 0 aromatic rings. The van der Waals surface area contributed by atoms with Gasteiger partial charge in [0.1, 0.15) is 0 Å². The van der Waals surface area contributed by atoms with Crippen LogP contribution in [-0.4, -0.2) is 12.6 Å². The van der Waals surface area contributed by atoms with Gasteiger partial charge in [-0.05, 0) is 24.2 Å². The Labute approximate surface area is 73.3 Å². The molecule has 1 heterocycles. The zero-order valence-electron chi connectivity index (χ0n) is 7.75. The number of rotatable bonds is 0. The maximum Gasteiger partial charge on any atom is 0.308 e. The molecule has 0 aromatic carbocycles. The standard InChI is InChI=1S/C10H16O2/c1-6-3-4-8-7(2)10(11)12-5-9(6)8/h6-9H,3-5H2,1-2H3/t6-,7-,8-,9-/m1/s1. The van der Waals surface area contributed by atoms with E-state index in [9.17, 15) is 4.79 Å². The summed E-state index contributed by atoms with van der Waals surface area (Å²) in [5.74, 6) is 2.18. The van der Waals surface area contributed by atoms with Crippen molar-refractivity contribution in [2.24, 2.45) is 23.7 Å². The molecule has 0 radical (unpaired) electrons. The van der Waals surface area contributed by atoms with E-state index in [0.717, 1.165) is 5.92 Å². The van der Waals surface area contributed by atoms with Crippen LogP contribution in [0.2, 0.25) is 0 Å². The van der Waals surface area contributed by atoms with Crippen LogP contribution in [0.25, 0.3) is 0 Å². The van der Waals surface area contributed by atoms with Gasteiger partial charge in [0, 0.05) is 0 Å². The van der Waals surface area contributed by atoms with Gasteiger partial charge in [-0.3, -0.25) is 4.79 Å². The van der Waals surface area contributed by atoms with Crippen molar-refractivity contribution in [2.75, 3.05) is 6.61 Å². The summed E-state index contributed by atoms with van der Waals surface area (Å²) in [5.41, 5.74) is 0. The fraction of sp³-hybridized carbons (Fsp3) is 0.900. The Balaban J connectivity index is 2.14. The van der Waals surface area contributed by atoms with Crippen LogP contribution < -0.4 is 0 Å².